The smallest absolute Gasteiger partial charge is 0.308 e. The van der Waals surface area contributed by atoms with Crippen molar-refractivity contribution < 1.29 is 13.2 Å². The molecule has 106 valence electrons. The fraction of sp³-hybridized carbons (Fsp3) is 0.571. The molecule has 1 unspecified atom stereocenters. The zero-order valence-electron chi connectivity index (χ0n) is 10.8. The number of nitrogens with zero attached hydrogens (tertiary/aromatic N) is 1. The Morgan fingerprint density at radius 1 is 1.21 bits per heavy atom. The van der Waals surface area contributed by atoms with E-state index in [0.29, 0.717) is 12.5 Å². The number of rotatable bonds is 5. The molecular formula is C14H19F3N2. The fourth-order valence-electron chi connectivity index (χ4n) is 2.48. The number of benzene rings is 1. The Morgan fingerprint density at radius 3 is 2.63 bits per heavy atom. The van der Waals surface area contributed by atoms with Crippen LogP contribution in [0.2, 0.25) is 0 Å². The quantitative estimate of drug-likeness (QED) is 0.886. The first-order chi connectivity index (χ1) is 9.03. The average Bonchev–Trinajstić information content (AvgIpc) is 2.76. The van der Waals surface area contributed by atoms with Gasteiger partial charge in [-0.2, -0.15) is 13.2 Å². The third-order valence-corrected chi connectivity index (χ3v) is 3.38. The number of hydrogen-bond acceptors (Lipinski definition) is 2. The minimum absolute atomic E-state index is 0.325. The summed E-state index contributed by atoms with van der Waals surface area (Å²) in [5, 5.41) is 2.50. The molecule has 19 heavy (non-hydrogen) atoms. The molecule has 1 aromatic carbocycles. The van der Waals surface area contributed by atoms with Gasteiger partial charge in [-0.1, -0.05) is 30.3 Å². The minimum Gasteiger partial charge on any atom is -0.308 e. The minimum atomic E-state index is -4.11. The number of hydrogen-bond donors (Lipinski definition) is 1. The summed E-state index contributed by atoms with van der Waals surface area (Å²) >= 11 is 0. The summed E-state index contributed by atoms with van der Waals surface area (Å²) < 4.78 is 36.1. The molecule has 0 spiro atoms. The van der Waals surface area contributed by atoms with E-state index in [1.165, 1.54) is 5.56 Å². The zero-order valence-corrected chi connectivity index (χ0v) is 10.8. The van der Waals surface area contributed by atoms with E-state index in [-0.39, 0.29) is 0 Å². The second kappa shape index (κ2) is 6.39. The van der Waals surface area contributed by atoms with Gasteiger partial charge in [0.05, 0.1) is 6.54 Å². The van der Waals surface area contributed by atoms with Crippen LogP contribution in [0.15, 0.2) is 30.3 Å². The molecule has 1 heterocycles. The summed E-state index contributed by atoms with van der Waals surface area (Å²) in [6.07, 6.45) is -3.14. The van der Waals surface area contributed by atoms with Crippen LogP contribution >= 0.6 is 0 Å². The maximum atomic E-state index is 12.0. The van der Waals surface area contributed by atoms with Gasteiger partial charge in [0.25, 0.3) is 0 Å². The van der Waals surface area contributed by atoms with E-state index in [1.807, 2.05) is 18.2 Å². The molecular weight excluding hydrogens is 253 g/mol. The van der Waals surface area contributed by atoms with Crippen molar-refractivity contribution in [1.29, 1.82) is 0 Å². The Bertz CT molecular complexity index is 378. The molecule has 2 nitrogen and oxygen atoms in total. The Labute approximate surface area is 111 Å². The Balaban J connectivity index is 1.69. The maximum absolute atomic E-state index is 12.0. The molecule has 2 rings (SSSR count). The molecule has 0 amide bonds. The Hall–Kier alpha value is -1.07. The molecule has 0 saturated carbocycles. The Morgan fingerprint density at radius 2 is 1.95 bits per heavy atom. The standard InChI is InChI=1S/C14H19F3N2/c15-14(16,17)11-18-8-13-6-7-19(10-13)9-12-4-2-1-3-5-12/h1-5,13,18H,6-11H2. The van der Waals surface area contributed by atoms with Gasteiger partial charge in [-0.15, -0.1) is 0 Å². The van der Waals surface area contributed by atoms with Crippen molar-refractivity contribution >= 4 is 0 Å². The number of nitrogens with one attached hydrogen (secondary N) is 1. The van der Waals surface area contributed by atoms with Crippen LogP contribution in [0.1, 0.15) is 12.0 Å². The summed E-state index contributed by atoms with van der Waals surface area (Å²) in [7, 11) is 0. The highest BCUT2D eigenvalue weighted by molar-refractivity contribution is 5.14. The second-order valence-corrected chi connectivity index (χ2v) is 5.12. The van der Waals surface area contributed by atoms with Crippen molar-refractivity contribution in [3.05, 3.63) is 35.9 Å². The zero-order chi connectivity index (χ0) is 13.7. The van der Waals surface area contributed by atoms with Crippen LogP contribution in [0.4, 0.5) is 13.2 Å². The van der Waals surface area contributed by atoms with Gasteiger partial charge >= 0.3 is 6.18 Å². The van der Waals surface area contributed by atoms with E-state index in [1.54, 1.807) is 0 Å². The Kier molecular flexibility index (Phi) is 4.82. The molecule has 1 aliphatic heterocycles. The van der Waals surface area contributed by atoms with Crippen LogP contribution in [0.3, 0.4) is 0 Å². The maximum Gasteiger partial charge on any atom is 0.401 e. The van der Waals surface area contributed by atoms with Gasteiger partial charge in [0.2, 0.25) is 0 Å². The van der Waals surface area contributed by atoms with Gasteiger partial charge in [0.1, 0.15) is 0 Å². The van der Waals surface area contributed by atoms with Crippen LogP contribution in [-0.2, 0) is 6.54 Å². The predicted molar refractivity (Wildman–Crippen MR) is 68.8 cm³/mol. The SMILES string of the molecule is FC(F)(F)CNCC1CCN(Cc2ccccc2)C1. The summed E-state index contributed by atoms with van der Waals surface area (Å²) in [4.78, 5) is 2.30. The van der Waals surface area contributed by atoms with E-state index in [2.05, 4.69) is 22.3 Å². The topological polar surface area (TPSA) is 15.3 Å². The average molecular weight is 272 g/mol. The number of likely N-dealkylation sites (tertiary alicyclic amines) is 1. The van der Waals surface area contributed by atoms with Crippen molar-refractivity contribution in [2.75, 3.05) is 26.2 Å². The van der Waals surface area contributed by atoms with Gasteiger partial charge in [-0.05, 0) is 31.0 Å². The summed E-state index contributed by atoms with van der Waals surface area (Å²) in [6.45, 7) is 2.29. The van der Waals surface area contributed by atoms with Crippen LogP contribution in [0.25, 0.3) is 0 Å². The lowest BCUT2D eigenvalue weighted by molar-refractivity contribution is -0.125. The van der Waals surface area contributed by atoms with Gasteiger partial charge in [0, 0.05) is 13.1 Å². The molecule has 1 aromatic rings. The normalized spacial score (nSPS) is 20.9. The fourth-order valence-corrected chi connectivity index (χ4v) is 2.48. The molecule has 1 aliphatic rings. The molecule has 1 atom stereocenters. The van der Waals surface area contributed by atoms with Crippen molar-refractivity contribution in [3.63, 3.8) is 0 Å². The van der Waals surface area contributed by atoms with Gasteiger partial charge in [0.15, 0.2) is 0 Å². The molecule has 0 radical (unpaired) electrons. The van der Waals surface area contributed by atoms with Crippen molar-refractivity contribution in [1.82, 2.24) is 10.2 Å². The molecule has 0 aromatic heterocycles. The monoisotopic (exact) mass is 272 g/mol. The van der Waals surface area contributed by atoms with Gasteiger partial charge in [-0.3, -0.25) is 4.90 Å². The van der Waals surface area contributed by atoms with Gasteiger partial charge in [-0.25, -0.2) is 0 Å². The summed E-state index contributed by atoms with van der Waals surface area (Å²) in [5.41, 5.74) is 1.26. The third-order valence-electron chi connectivity index (χ3n) is 3.38. The van der Waals surface area contributed by atoms with E-state index in [9.17, 15) is 13.2 Å². The molecule has 1 saturated heterocycles. The second-order valence-electron chi connectivity index (χ2n) is 5.12. The van der Waals surface area contributed by atoms with E-state index in [4.69, 9.17) is 0 Å². The highest BCUT2D eigenvalue weighted by Gasteiger charge is 2.28. The number of alkyl halides is 3. The first kappa shape index (κ1) is 14.3. The van der Waals surface area contributed by atoms with Crippen LogP contribution < -0.4 is 5.32 Å². The highest BCUT2D eigenvalue weighted by Crippen LogP contribution is 2.19. The first-order valence-corrected chi connectivity index (χ1v) is 6.57. The van der Waals surface area contributed by atoms with Gasteiger partial charge < -0.3 is 5.32 Å². The summed E-state index contributed by atoms with van der Waals surface area (Å²) in [5.74, 6) is 0.325. The molecule has 0 bridgehead atoms. The lowest BCUT2D eigenvalue weighted by Crippen LogP contribution is -2.33. The summed E-state index contributed by atoms with van der Waals surface area (Å²) in [6, 6.07) is 10.2. The lowest BCUT2D eigenvalue weighted by atomic mass is 10.1. The largest absolute Gasteiger partial charge is 0.401 e. The molecule has 0 aliphatic carbocycles. The number of halogens is 3. The van der Waals surface area contributed by atoms with Crippen LogP contribution in [0, 0.1) is 5.92 Å². The first-order valence-electron chi connectivity index (χ1n) is 6.57. The molecule has 1 fully saturated rings. The lowest BCUT2D eigenvalue weighted by Gasteiger charge is -2.16. The third kappa shape index (κ3) is 5.20. The van der Waals surface area contributed by atoms with Crippen LogP contribution in [-0.4, -0.2) is 37.3 Å². The van der Waals surface area contributed by atoms with Crippen molar-refractivity contribution in [2.45, 2.75) is 19.1 Å². The molecule has 5 heteroatoms. The highest BCUT2D eigenvalue weighted by atomic mass is 19.4. The van der Waals surface area contributed by atoms with Crippen molar-refractivity contribution in [2.24, 2.45) is 5.92 Å². The van der Waals surface area contributed by atoms with E-state index >= 15 is 0 Å². The van der Waals surface area contributed by atoms with E-state index < -0.39 is 12.7 Å². The van der Waals surface area contributed by atoms with Crippen LogP contribution in [0.5, 0.6) is 0 Å². The van der Waals surface area contributed by atoms with E-state index in [0.717, 1.165) is 26.1 Å². The predicted octanol–water partition coefficient (Wildman–Crippen LogP) is 2.66. The van der Waals surface area contributed by atoms with Crippen molar-refractivity contribution in [3.8, 4) is 0 Å². The molecule has 1 N–H and O–H groups in total.